The van der Waals surface area contributed by atoms with Crippen molar-refractivity contribution in [2.24, 2.45) is 17.6 Å². The van der Waals surface area contributed by atoms with Gasteiger partial charge >= 0.3 is 6.18 Å². The Balaban J connectivity index is 1.74. The van der Waals surface area contributed by atoms with Gasteiger partial charge in [0.2, 0.25) is 5.78 Å². The number of hydrogen-bond acceptors (Lipinski definition) is 10. The molecule has 7 N–H and O–H groups in total. The number of phenols is 1. The van der Waals surface area contributed by atoms with E-state index < -0.39 is 105 Å². The molecule has 222 valence electrons. The van der Waals surface area contributed by atoms with Crippen molar-refractivity contribution in [1.82, 2.24) is 15.1 Å². The Morgan fingerprint density at radius 1 is 1.22 bits per heavy atom. The van der Waals surface area contributed by atoms with Crippen molar-refractivity contribution >= 4 is 23.2 Å². The summed E-state index contributed by atoms with van der Waals surface area (Å²) in [4.78, 5) is 42.3. The van der Waals surface area contributed by atoms with Crippen LogP contribution < -0.4 is 11.1 Å². The number of carbonyl (C=O) groups is 3. The number of amides is 1. The monoisotopic (exact) mass is 580 g/mol. The molecule has 5 rings (SSSR count). The Morgan fingerprint density at radius 2 is 1.88 bits per heavy atom. The van der Waals surface area contributed by atoms with E-state index in [0.717, 1.165) is 6.07 Å². The second kappa shape index (κ2) is 9.54. The van der Waals surface area contributed by atoms with E-state index in [-0.39, 0.29) is 18.5 Å². The Morgan fingerprint density at radius 3 is 2.44 bits per heavy atom. The fourth-order valence-electron chi connectivity index (χ4n) is 7.06. The summed E-state index contributed by atoms with van der Waals surface area (Å²) >= 11 is 0. The van der Waals surface area contributed by atoms with Crippen LogP contribution in [0.1, 0.15) is 34.7 Å². The lowest BCUT2D eigenvalue weighted by atomic mass is 9.57. The number of nitrogens with one attached hydrogen (secondary N) is 1. The molecule has 11 nitrogen and oxygen atoms in total. The first kappa shape index (κ1) is 29.0. The van der Waals surface area contributed by atoms with E-state index in [9.17, 15) is 48.0 Å². The second-order valence-corrected chi connectivity index (χ2v) is 11.4. The van der Waals surface area contributed by atoms with Gasteiger partial charge in [0, 0.05) is 37.2 Å². The number of fused-ring (bicyclic) bond motifs is 3. The zero-order valence-corrected chi connectivity index (χ0v) is 22.5. The molecule has 1 unspecified atom stereocenters. The fraction of sp³-hybridized carbons (Fsp3) is 0.519. The number of ketones is 2. The highest BCUT2D eigenvalue weighted by Gasteiger charge is 2.64. The third-order valence-electron chi connectivity index (χ3n) is 8.79. The summed E-state index contributed by atoms with van der Waals surface area (Å²) in [7, 11) is 4.64. The zero-order valence-electron chi connectivity index (χ0n) is 22.5. The fourth-order valence-corrected chi connectivity index (χ4v) is 7.06. The number of aliphatic hydroxyl groups excluding tert-OH is 2. The van der Waals surface area contributed by atoms with Crippen LogP contribution >= 0.6 is 0 Å². The van der Waals surface area contributed by atoms with Gasteiger partial charge in [0.25, 0.3) is 5.91 Å². The number of alkyl halides is 3. The van der Waals surface area contributed by atoms with Crippen molar-refractivity contribution in [3.8, 4) is 5.75 Å². The predicted octanol–water partition coefficient (Wildman–Crippen LogP) is 0.559. The molecule has 14 heteroatoms. The number of likely N-dealkylation sites (N-methyl/N-ethyl adjacent to an activating group) is 2. The Labute approximate surface area is 232 Å². The average molecular weight is 581 g/mol. The number of rotatable bonds is 3. The Hall–Kier alpha value is -3.46. The van der Waals surface area contributed by atoms with Crippen LogP contribution in [0.4, 0.5) is 13.2 Å². The second-order valence-electron chi connectivity index (χ2n) is 11.4. The molecule has 1 amide bonds. The van der Waals surface area contributed by atoms with Crippen LogP contribution in [-0.4, -0.2) is 100 Å². The maximum atomic E-state index is 14.7. The molecular formula is C27H31F3N4O7. The molecule has 2 fully saturated rings. The standard InChI is InChI=1S/C27H31F3N4O7/c1-33(2)20-13-7-10-6-12-17(15(35)8-11(19(12)27(28,29)30)14-9-34(3)5-4-32-14)21(36)16(10)23(38)26(13,41)24(39)18(22(20)37)25(31)40/h8,10,13-14,20,32,35-36,39,41H,4-7,9H2,1-3H3,(H2,31,40)/t10-,13-,14?,20-,26-/m0/s1. The van der Waals surface area contributed by atoms with E-state index in [0.29, 0.717) is 13.1 Å². The van der Waals surface area contributed by atoms with Crippen LogP contribution in [0.5, 0.6) is 5.75 Å². The number of Topliss-reactive ketones (excluding diaryl/α,β-unsaturated/α-hetero) is 2. The molecule has 1 aromatic rings. The van der Waals surface area contributed by atoms with Gasteiger partial charge in [-0.05, 0) is 57.1 Å². The molecule has 0 spiro atoms. The van der Waals surface area contributed by atoms with Gasteiger partial charge < -0.3 is 36.4 Å². The van der Waals surface area contributed by atoms with Crippen LogP contribution in [0.2, 0.25) is 0 Å². The Kier molecular flexibility index (Phi) is 6.76. The zero-order chi connectivity index (χ0) is 30.3. The highest BCUT2D eigenvalue weighted by atomic mass is 19.4. The van der Waals surface area contributed by atoms with Gasteiger partial charge in [-0.2, -0.15) is 13.2 Å². The topological polar surface area (TPSA) is 177 Å². The summed E-state index contributed by atoms with van der Waals surface area (Å²) in [6.07, 6.45) is -5.65. The molecule has 1 aliphatic heterocycles. The number of benzene rings is 1. The number of hydrogen-bond donors (Lipinski definition) is 6. The predicted molar refractivity (Wildman–Crippen MR) is 137 cm³/mol. The molecule has 41 heavy (non-hydrogen) atoms. The van der Waals surface area contributed by atoms with E-state index >= 15 is 0 Å². The molecule has 5 atom stereocenters. The van der Waals surface area contributed by atoms with Gasteiger partial charge in [0.15, 0.2) is 11.4 Å². The van der Waals surface area contributed by atoms with E-state index in [1.54, 1.807) is 7.05 Å². The number of halogens is 3. The third-order valence-corrected chi connectivity index (χ3v) is 8.79. The average Bonchev–Trinajstić information content (AvgIpc) is 2.84. The lowest BCUT2D eigenvalue weighted by molar-refractivity contribution is -0.153. The third kappa shape index (κ3) is 4.15. The summed E-state index contributed by atoms with van der Waals surface area (Å²) in [5, 5.41) is 47.7. The molecule has 1 aromatic carbocycles. The van der Waals surface area contributed by atoms with Crippen LogP contribution in [0.25, 0.3) is 5.76 Å². The minimum atomic E-state index is -4.90. The van der Waals surface area contributed by atoms with E-state index in [2.05, 4.69) is 5.32 Å². The first-order valence-electron chi connectivity index (χ1n) is 13.0. The molecular weight excluding hydrogens is 549 g/mol. The van der Waals surface area contributed by atoms with Gasteiger partial charge in [0.1, 0.15) is 22.8 Å². The quantitative estimate of drug-likeness (QED) is 0.277. The summed E-state index contributed by atoms with van der Waals surface area (Å²) in [5.41, 5.74) is -1.31. The number of aromatic hydroxyl groups is 1. The summed E-state index contributed by atoms with van der Waals surface area (Å²) in [6, 6.07) is -1.20. The molecule has 0 bridgehead atoms. The maximum absolute atomic E-state index is 14.7. The van der Waals surface area contributed by atoms with Gasteiger partial charge in [0.05, 0.1) is 17.2 Å². The molecule has 0 radical (unpaired) electrons. The van der Waals surface area contributed by atoms with Crippen molar-refractivity contribution in [2.45, 2.75) is 36.7 Å². The van der Waals surface area contributed by atoms with E-state index in [1.807, 2.05) is 4.90 Å². The van der Waals surface area contributed by atoms with Crippen molar-refractivity contribution in [3.63, 3.8) is 0 Å². The number of primary amides is 1. The van der Waals surface area contributed by atoms with E-state index in [1.165, 1.54) is 19.0 Å². The van der Waals surface area contributed by atoms with Gasteiger partial charge in [-0.25, -0.2) is 0 Å². The number of nitrogens with zero attached hydrogens (tertiary/aromatic N) is 2. The Bertz CT molecular complexity index is 1440. The number of carbonyl (C=O) groups excluding carboxylic acids is 3. The first-order valence-corrected chi connectivity index (χ1v) is 13.0. The van der Waals surface area contributed by atoms with Gasteiger partial charge in [-0.3, -0.25) is 19.3 Å². The number of phenolic OH excluding ortho intramolecular Hbond substituents is 1. The maximum Gasteiger partial charge on any atom is 0.417 e. The molecule has 1 saturated carbocycles. The molecule has 1 heterocycles. The minimum absolute atomic E-state index is 0.208. The minimum Gasteiger partial charge on any atom is -0.508 e. The largest absolute Gasteiger partial charge is 0.508 e. The molecule has 1 saturated heterocycles. The SMILES string of the molecule is CN1CCNC(c2cc(O)c3c(c2C(F)(F)F)C[C@H]2C[C@H]4[C@H](N(C)C)C(=O)C(C(N)=O)=C(O)[C@@]4(O)C(=O)C2=C3O)C1. The van der Waals surface area contributed by atoms with Gasteiger partial charge in [-0.15, -0.1) is 0 Å². The number of nitrogens with two attached hydrogens (primary N) is 1. The van der Waals surface area contributed by atoms with Crippen LogP contribution in [-0.2, 0) is 27.0 Å². The van der Waals surface area contributed by atoms with Crippen LogP contribution in [0.15, 0.2) is 23.0 Å². The smallest absolute Gasteiger partial charge is 0.417 e. The highest BCUT2D eigenvalue weighted by molar-refractivity contribution is 6.24. The lowest BCUT2D eigenvalue weighted by Crippen LogP contribution is -2.65. The summed E-state index contributed by atoms with van der Waals surface area (Å²) < 4.78 is 44.1. The molecule has 4 aliphatic rings. The summed E-state index contributed by atoms with van der Waals surface area (Å²) in [6.45, 7) is 1.25. The first-order chi connectivity index (χ1) is 19.0. The molecule has 0 aromatic heterocycles. The summed E-state index contributed by atoms with van der Waals surface area (Å²) in [5.74, 6) is -9.04. The van der Waals surface area contributed by atoms with E-state index in [4.69, 9.17) is 5.73 Å². The molecule has 3 aliphatic carbocycles. The number of piperazine rings is 1. The van der Waals surface area contributed by atoms with Crippen molar-refractivity contribution < 1.29 is 48.0 Å². The lowest BCUT2D eigenvalue weighted by Gasteiger charge is -2.50. The highest BCUT2D eigenvalue weighted by Crippen LogP contribution is 2.55. The van der Waals surface area contributed by atoms with Crippen molar-refractivity contribution in [2.75, 3.05) is 40.8 Å². The van der Waals surface area contributed by atoms with Crippen molar-refractivity contribution in [1.29, 1.82) is 0 Å². The van der Waals surface area contributed by atoms with Crippen LogP contribution in [0.3, 0.4) is 0 Å². The van der Waals surface area contributed by atoms with Crippen LogP contribution in [0, 0.1) is 11.8 Å². The normalized spacial score (nSPS) is 30.8. The number of aliphatic hydroxyl groups is 3. The van der Waals surface area contributed by atoms with Crippen molar-refractivity contribution in [3.05, 3.63) is 45.2 Å². The van der Waals surface area contributed by atoms with Gasteiger partial charge in [-0.1, -0.05) is 0 Å².